The summed E-state index contributed by atoms with van der Waals surface area (Å²) < 4.78 is 147. The van der Waals surface area contributed by atoms with Gasteiger partial charge in [-0.3, -0.25) is 0 Å². The van der Waals surface area contributed by atoms with Gasteiger partial charge in [0, 0.05) is 58.3 Å². The Balaban J connectivity index is 0.0000180. The van der Waals surface area contributed by atoms with Gasteiger partial charge in [-0.05, 0) is 111 Å². The SMILES string of the molecule is COCCOCCOCCOc1cc(-c2c3nc(c(C#Cc4ccc(OC)cc4)c4ccc([n-]4)c(-c4cc(OCCOCCOCCOC)c(OCCOCCOCCOC)c(OCCOCCOCCOC)c4)c4nc(c(Br)c5ccc2[n-]5)C=C4)C=C3)cc(OCCOCCOCCOC)c1OCCOCCOCCOC.[Zn+2]. The molecule has 0 fully saturated rings. The molecule has 3 aromatic carbocycles. The Kier molecular flexibility index (Phi) is 47.6. The molecule has 2 aliphatic rings. The quantitative estimate of drug-likeness (QED) is 0.0195. The van der Waals surface area contributed by atoms with Crippen molar-refractivity contribution >= 4 is 62.3 Å². The van der Waals surface area contributed by atoms with Gasteiger partial charge >= 0.3 is 19.5 Å². The Morgan fingerprint density at radius 3 is 0.895 bits per heavy atom. The van der Waals surface area contributed by atoms with E-state index in [1.807, 2.05) is 97.1 Å². The maximum atomic E-state index is 6.69. The largest absolute Gasteiger partial charge is 2.00 e. The molecule has 0 spiro atoms. The Labute approximate surface area is 689 Å². The van der Waals surface area contributed by atoms with Crippen LogP contribution in [-0.2, 0) is 105 Å². The van der Waals surface area contributed by atoms with E-state index >= 15 is 0 Å². The second-order valence-corrected chi connectivity index (χ2v) is 25.1. The molecule has 8 rings (SSSR count). The molecule has 3 aromatic heterocycles. The Bertz CT molecular complexity index is 3780. The van der Waals surface area contributed by atoms with Gasteiger partial charge in [-0.25, -0.2) is 9.97 Å². The molecule has 0 saturated heterocycles. The molecule has 0 unspecified atom stereocenters. The third-order valence-electron chi connectivity index (χ3n) is 16.3. The van der Waals surface area contributed by atoms with E-state index in [2.05, 4.69) is 27.8 Å². The maximum absolute atomic E-state index is 6.69. The Morgan fingerprint density at radius 1 is 0.289 bits per heavy atom. The van der Waals surface area contributed by atoms with Gasteiger partial charge in [0.2, 0.25) is 11.5 Å². The zero-order valence-corrected chi connectivity index (χ0v) is 71.3. The number of methoxy groups -OCH3 is 7. The molecule has 0 aliphatic carbocycles. The minimum absolute atomic E-state index is 0. The van der Waals surface area contributed by atoms with Crippen molar-refractivity contribution in [2.45, 2.75) is 0 Å². The topological polar surface area (TPSA) is 285 Å². The molecule has 8 bridgehead atoms. The van der Waals surface area contributed by atoms with Gasteiger partial charge in [0.25, 0.3) is 0 Å². The number of hydrogen-bond acceptors (Lipinski definition) is 27. The molecule has 2 aliphatic heterocycles. The fourth-order valence-electron chi connectivity index (χ4n) is 10.8. The minimum atomic E-state index is 0. The average molecular weight is 1710 g/mol. The summed E-state index contributed by atoms with van der Waals surface area (Å²) in [7, 11) is 11.4. The number of rotatable bonds is 63. The third-order valence-corrected chi connectivity index (χ3v) is 17.1. The number of ether oxygens (including phenoxy) is 25. The summed E-state index contributed by atoms with van der Waals surface area (Å²) in [6.07, 6.45) is 7.72. The van der Waals surface area contributed by atoms with Gasteiger partial charge in [0.1, 0.15) is 45.4 Å². The summed E-state index contributed by atoms with van der Waals surface area (Å²) in [6, 6.07) is 22.8. The standard InChI is InChI=1S/C83H109BrN4O25.Zn/c1-89-22-28-96-34-40-102-46-52-108-75-58-63(59-76(109-53-47-103-41-35-97-29-23-90-2)82(75)112-56-50-106-44-38-100-32-26-93-5)79-69-16-14-67(85-69)66(13-10-62-8-11-65(95-7)12-9-62)68-15-17-70(86-68)80(72-19-21-74(88-72)81(84)73-20-18-71(79)87-73)64-60-77(110-54-48-104-42-36-98-30-24-91-3)83(113-57-51-107-45-39-101-33-27-94-6)78(61-64)111-55-49-105-43-37-99-31-25-92-4;/h8-9,11-12,14-21,58-61H,22-57H2,1-7H3;/q-2;+2. The average Bonchev–Trinajstić information content (AvgIpc) is 1.48. The van der Waals surface area contributed by atoms with Crippen molar-refractivity contribution in [1.29, 1.82) is 0 Å². The normalized spacial score (nSPS) is 11.6. The minimum Gasteiger partial charge on any atom is -0.656 e. The first-order chi connectivity index (χ1) is 55.8. The third kappa shape index (κ3) is 33.4. The van der Waals surface area contributed by atoms with E-state index < -0.39 is 0 Å². The van der Waals surface area contributed by atoms with E-state index in [-0.39, 0.29) is 98.8 Å². The second-order valence-electron chi connectivity index (χ2n) is 24.3. The van der Waals surface area contributed by atoms with Gasteiger partial charge in [-0.1, -0.05) is 36.1 Å². The van der Waals surface area contributed by atoms with Crippen LogP contribution in [0.3, 0.4) is 0 Å². The van der Waals surface area contributed by atoms with Crippen molar-refractivity contribution < 1.29 is 138 Å². The molecule has 0 N–H and O–H groups in total. The summed E-state index contributed by atoms with van der Waals surface area (Å²) >= 11 is 3.98. The van der Waals surface area contributed by atoms with Crippen LogP contribution in [-0.4, -0.2) is 298 Å². The Hall–Kier alpha value is -7.20. The molecule has 0 radical (unpaired) electrons. The molecule has 0 amide bonds. The van der Waals surface area contributed by atoms with Gasteiger partial charge in [0.05, 0.1) is 228 Å². The van der Waals surface area contributed by atoms with E-state index in [9.17, 15) is 0 Å². The summed E-state index contributed by atoms with van der Waals surface area (Å²) in [6.45, 7) is 11.8. The van der Waals surface area contributed by atoms with Crippen LogP contribution < -0.4 is 43.1 Å². The van der Waals surface area contributed by atoms with Crippen LogP contribution in [0.1, 0.15) is 33.9 Å². The van der Waals surface area contributed by atoms with Crippen molar-refractivity contribution in [2.24, 2.45) is 0 Å². The van der Waals surface area contributed by atoms with Crippen LogP contribution in [0.25, 0.3) is 68.6 Å². The van der Waals surface area contributed by atoms with Crippen LogP contribution in [0.5, 0.6) is 40.2 Å². The van der Waals surface area contributed by atoms with Gasteiger partial charge in [-0.2, -0.15) is 0 Å². The van der Waals surface area contributed by atoms with Crippen molar-refractivity contribution in [2.75, 3.05) is 288 Å². The van der Waals surface area contributed by atoms with Crippen LogP contribution >= 0.6 is 15.9 Å². The van der Waals surface area contributed by atoms with Gasteiger partial charge in [-0.15, -0.1) is 22.1 Å². The van der Waals surface area contributed by atoms with Gasteiger partial charge < -0.3 is 128 Å². The molecule has 29 nitrogen and oxygen atoms in total. The predicted octanol–water partition coefficient (Wildman–Crippen LogP) is 9.77. The molecular formula is C83H109BrN4O25Zn. The van der Waals surface area contributed by atoms with Crippen LogP contribution in [0.2, 0.25) is 0 Å². The number of fused-ring (bicyclic) bond motifs is 8. The van der Waals surface area contributed by atoms with E-state index in [1.54, 1.807) is 49.8 Å². The van der Waals surface area contributed by atoms with Crippen LogP contribution in [0.4, 0.5) is 0 Å². The van der Waals surface area contributed by atoms with E-state index in [0.717, 1.165) is 5.56 Å². The number of aromatic nitrogens is 4. The fourth-order valence-corrected chi connectivity index (χ4v) is 11.2. The maximum Gasteiger partial charge on any atom is 2.00 e. The second kappa shape index (κ2) is 57.8. The molecule has 6 aromatic rings. The van der Waals surface area contributed by atoms with E-state index in [4.69, 9.17) is 138 Å². The molecule has 114 heavy (non-hydrogen) atoms. The van der Waals surface area contributed by atoms with Crippen LogP contribution in [0, 0.1) is 11.8 Å². The molecular weight excluding hydrogens is 1600 g/mol. The predicted molar refractivity (Wildman–Crippen MR) is 428 cm³/mol. The summed E-state index contributed by atoms with van der Waals surface area (Å²) in [5, 5.41) is 0. The monoisotopic (exact) mass is 1700 g/mol. The molecule has 0 saturated carbocycles. The number of halogens is 1. The molecule has 0 atom stereocenters. The summed E-state index contributed by atoms with van der Waals surface area (Å²) in [5.41, 5.74) is 8.03. The summed E-state index contributed by atoms with van der Waals surface area (Å²) in [5.74, 6) is 9.64. The summed E-state index contributed by atoms with van der Waals surface area (Å²) in [4.78, 5) is 21.7. The van der Waals surface area contributed by atoms with Crippen molar-refractivity contribution in [3.8, 4) is 74.3 Å². The molecule has 5 heterocycles. The van der Waals surface area contributed by atoms with Crippen molar-refractivity contribution in [3.63, 3.8) is 0 Å². The number of benzene rings is 3. The molecule has 31 heteroatoms. The zero-order chi connectivity index (χ0) is 79.4. The number of hydrogen-bond donors (Lipinski definition) is 0. The van der Waals surface area contributed by atoms with Gasteiger partial charge in [0.15, 0.2) is 23.0 Å². The zero-order valence-electron chi connectivity index (χ0n) is 66.8. The first-order valence-corrected chi connectivity index (χ1v) is 38.5. The Morgan fingerprint density at radius 2 is 0.561 bits per heavy atom. The smallest absolute Gasteiger partial charge is 0.656 e. The molecule has 620 valence electrons. The number of nitrogens with zero attached hydrogens (tertiary/aromatic N) is 4. The van der Waals surface area contributed by atoms with Crippen molar-refractivity contribution in [3.05, 3.63) is 111 Å². The first-order valence-electron chi connectivity index (χ1n) is 37.7. The van der Waals surface area contributed by atoms with Crippen molar-refractivity contribution in [1.82, 2.24) is 19.9 Å². The first kappa shape index (κ1) is 94.0. The van der Waals surface area contributed by atoms with Crippen LogP contribution in [0.15, 0.2) is 77.3 Å². The van der Waals surface area contributed by atoms with E-state index in [0.29, 0.717) is 276 Å². The van der Waals surface area contributed by atoms with E-state index in [1.165, 1.54) is 0 Å². The fraction of sp³-hybridized carbons (Fsp3) is 0.518.